The first-order valence-electron chi connectivity index (χ1n) is 5.20. The van der Waals surface area contributed by atoms with E-state index in [-0.39, 0.29) is 6.61 Å². The largest absolute Gasteiger partial charge is 0.481 e. The average Bonchev–Trinajstić information content (AvgIpc) is 2.73. The molecule has 7 heteroatoms. The SMILES string of the molecule is Cc1noc(COc2c(Br)cc(CN)cc2Br)n1. The lowest BCUT2D eigenvalue weighted by atomic mass is 10.2. The van der Waals surface area contributed by atoms with Crippen molar-refractivity contribution in [3.05, 3.63) is 38.4 Å². The summed E-state index contributed by atoms with van der Waals surface area (Å²) in [6.45, 7) is 2.45. The number of nitrogens with two attached hydrogens (primary N) is 1. The Kier molecular flexibility index (Phi) is 4.36. The maximum atomic E-state index is 5.64. The molecule has 0 aliphatic heterocycles. The van der Waals surface area contributed by atoms with Crippen molar-refractivity contribution in [1.82, 2.24) is 10.1 Å². The third kappa shape index (κ3) is 3.09. The molecule has 0 unspecified atom stereocenters. The Morgan fingerprint density at radius 2 is 2.00 bits per heavy atom. The van der Waals surface area contributed by atoms with Crippen molar-refractivity contribution in [1.29, 1.82) is 0 Å². The molecule has 0 spiro atoms. The predicted octanol–water partition coefficient (Wildman–Crippen LogP) is 2.94. The van der Waals surface area contributed by atoms with Gasteiger partial charge in [-0.05, 0) is 56.5 Å². The van der Waals surface area contributed by atoms with E-state index < -0.39 is 0 Å². The molecule has 0 fully saturated rings. The molecule has 18 heavy (non-hydrogen) atoms. The third-order valence-electron chi connectivity index (χ3n) is 2.20. The van der Waals surface area contributed by atoms with Crippen molar-refractivity contribution in [2.45, 2.75) is 20.1 Å². The minimum absolute atomic E-state index is 0.222. The Morgan fingerprint density at radius 3 is 2.50 bits per heavy atom. The minimum atomic E-state index is 0.222. The molecule has 0 saturated heterocycles. The number of halogens is 2. The summed E-state index contributed by atoms with van der Waals surface area (Å²) >= 11 is 6.88. The highest BCUT2D eigenvalue weighted by molar-refractivity contribution is 9.11. The van der Waals surface area contributed by atoms with Gasteiger partial charge < -0.3 is 15.0 Å². The van der Waals surface area contributed by atoms with Crippen LogP contribution in [0.4, 0.5) is 0 Å². The Hall–Kier alpha value is -0.920. The predicted molar refractivity (Wildman–Crippen MR) is 73.1 cm³/mol. The summed E-state index contributed by atoms with van der Waals surface area (Å²) in [5.74, 6) is 1.71. The number of ether oxygens (including phenoxy) is 1. The lowest BCUT2D eigenvalue weighted by molar-refractivity contribution is 0.240. The average molecular weight is 377 g/mol. The van der Waals surface area contributed by atoms with Crippen molar-refractivity contribution >= 4 is 31.9 Å². The highest BCUT2D eigenvalue weighted by Crippen LogP contribution is 2.35. The van der Waals surface area contributed by atoms with Crippen LogP contribution < -0.4 is 10.5 Å². The van der Waals surface area contributed by atoms with Gasteiger partial charge in [-0.15, -0.1) is 0 Å². The van der Waals surface area contributed by atoms with Crippen LogP contribution in [0.25, 0.3) is 0 Å². The zero-order valence-corrected chi connectivity index (χ0v) is 12.8. The van der Waals surface area contributed by atoms with Crippen LogP contribution in [0.3, 0.4) is 0 Å². The molecule has 5 nitrogen and oxygen atoms in total. The number of aryl methyl sites for hydroxylation is 1. The van der Waals surface area contributed by atoms with Crippen LogP contribution >= 0.6 is 31.9 Å². The van der Waals surface area contributed by atoms with Gasteiger partial charge in [0.15, 0.2) is 12.4 Å². The van der Waals surface area contributed by atoms with Crippen molar-refractivity contribution < 1.29 is 9.26 Å². The summed E-state index contributed by atoms with van der Waals surface area (Å²) in [7, 11) is 0. The molecule has 96 valence electrons. The molecule has 0 aliphatic carbocycles. The van der Waals surface area contributed by atoms with E-state index >= 15 is 0 Å². The van der Waals surface area contributed by atoms with Crippen LogP contribution in [0, 0.1) is 6.92 Å². The molecule has 1 aromatic heterocycles. The summed E-state index contributed by atoms with van der Waals surface area (Å²) in [6.07, 6.45) is 0. The van der Waals surface area contributed by atoms with Gasteiger partial charge >= 0.3 is 0 Å². The highest BCUT2D eigenvalue weighted by atomic mass is 79.9. The van der Waals surface area contributed by atoms with E-state index in [1.54, 1.807) is 6.92 Å². The van der Waals surface area contributed by atoms with Crippen LogP contribution in [0.2, 0.25) is 0 Å². The highest BCUT2D eigenvalue weighted by Gasteiger charge is 2.11. The fourth-order valence-corrected chi connectivity index (χ4v) is 2.91. The van der Waals surface area contributed by atoms with Crippen molar-refractivity contribution in [2.75, 3.05) is 0 Å². The molecule has 2 N–H and O–H groups in total. The second kappa shape index (κ2) is 5.81. The summed E-state index contributed by atoms with van der Waals surface area (Å²) in [4.78, 5) is 4.07. The second-order valence-electron chi connectivity index (χ2n) is 3.62. The van der Waals surface area contributed by atoms with Gasteiger partial charge in [0, 0.05) is 6.54 Å². The van der Waals surface area contributed by atoms with E-state index in [2.05, 4.69) is 42.0 Å². The molecule has 2 rings (SSSR count). The second-order valence-corrected chi connectivity index (χ2v) is 5.33. The molecule has 0 atom stereocenters. The first-order chi connectivity index (χ1) is 8.60. The molecule has 1 aromatic carbocycles. The zero-order valence-electron chi connectivity index (χ0n) is 9.61. The summed E-state index contributed by atoms with van der Waals surface area (Å²) < 4.78 is 12.3. The molecule has 0 aliphatic rings. The van der Waals surface area contributed by atoms with Crippen molar-refractivity contribution in [2.24, 2.45) is 5.73 Å². The monoisotopic (exact) mass is 375 g/mol. The minimum Gasteiger partial charge on any atom is -0.481 e. The quantitative estimate of drug-likeness (QED) is 0.887. The summed E-state index contributed by atoms with van der Waals surface area (Å²) in [6, 6.07) is 3.83. The first kappa shape index (κ1) is 13.5. The van der Waals surface area contributed by atoms with E-state index in [1.165, 1.54) is 0 Å². The van der Waals surface area contributed by atoms with Gasteiger partial charge in [-0.25, -0.2) is 0 Å². The van der Waals surface area contributed by atoms with Gasteiger partial charge in [0.1, 0.15) is 5.75 Å². The van der Waals surface area contributed by atoms with E-state index in [0.29, 0.717) is 24.0 Å². The number of nitrogens with zero attached hydrogens (tertiary/aromatic N) is 2. The van der Waals surface area contributed by atoms with E-state index in [0.717, 1.165) is 14.5 Å². The number of rotatable bonds is 4. The number of hydrogen-bond acceptors (Lipinski definition) is 5. The number of aromatic nitrogens is 2. The smallest absolute Gasteiger partial charge is 0.264 e. The van der Waals surface area contributed by atoms with Gasteiger partial charge in [0.05, 0.1) is 8.95 Å². The Bertz CT molecular complexity index is 534. The van der Waals surface area contributed by atoms with Crippen LogP contribution in [-0.2, 0) is 13.2 Å². The lowest BCUT2D eigenvalue weighted by Gasteiger charge is -2.10. The van der Waals surface area contributed by atoms with Crippen LogP contribution in [0.15, 0.2) is 25.6 Å². The fraction of sp³-hybridized carbons (Fsp3) is 0.273. The van der Waals surface area contributed by atoms with Gasteiger partial charge in [-0.1, -0.05) is 5.16 Å². The number of hydrogen-bond donors (Lipinski definition) is 1. The van der Waals surface area contributed by atoms with Gasteiger partial charge in [-0.2, -0.15) is 4.98 Å². The maximum absolute atomic E-state index is 5.64. The third-order valence-corrected chi connectivity index (χ3v) is 3.38. The molecule has 1 heterocycles. The lowest BCUT2D eigenvalue weighted by Crippen LogP contribution is -2.00. The Balaban J connectivity index is 2.14. The fourth-order valence-electron chi connectivity index (χ4n) is 1.40. The summed E-state index contributed by atoms with van der Waals surface area (Å²) in [5.41, 5.74) is 6.60. The van der Waals surface area contributed by atoms with Crippen LogP contribution in [-0.4, -0.2) is 10.1 Å². The maximum Gasteiger partial charge on any atom is 0.264 e. The molecular weight excluding hydrogens is 366 g/mol. The van der Waals surface area contributed by atoms with Gasteiger partial charge in [0.25, 0.3) is 5.89 Å². The normalized spacial score (nSPS) is 10.7. The molecule has 0 radical (unpaired) electrons. The Labute approximate surface area is 121 Å². The van der Waals surface area contributed by atoms with Crippen LogP contribution in [0.5, 0.6) is 5.75 Å². The van der Waals surface area contributed by atoms with Crippen molar-refractivity contribution in [3.8, 4) is 5.75 Å². The number of benzene rings is 1. The van der Waals surface area contributed by atoms with Crippen LogP contribution in [0.1, 0.15) is 17.3 Å². The standard InChI is InChI=1S/C11H11Br2N3O2/c1-6-15-10(18-16-6)5-17-11-8(12)2-7(4-14)3-9(11)13/h2-3H,4-5,14H2,1H3. The summed E-state index contributed by atoms with van der Waals surface area (Å²) in [5, 5.41) is 3.70. The molecule has 0 saturated carbocycles. The topological polar surface area (TPSA) is 74.2 Å². The molecule has 2 aromatic rings. The van der Waals surface area contributed by atoms with Gasteiger partial charge in [0.2, 0.25) is 0 Å². The molecular formula is C11H11Br2N3O2. The van der Waals surface area contributed by atoms with E-state index in [4.69, 9.17) is 15.0 Å². The molecule has 0 amide bonds. The molecule has 0 bridgehead atoms. The van der Waals surface area contributed by atoms with Gasteiger partial charge in [-0.3, -0.25) is 0 Å². The zero-order chi connectivity index (χ0) is 13.1. The van der Waals surface area contributed by atoms with Crippen molar-refractivity contribution in [3.63, 3.8) is 0 Å². The van der Waals surface area contributed by atoms with E-state index in [1.807, 2.05) is 12.1 Å². The first-order valence-corrected chi connectivity index (χ1v) is 6.78. The Morgan fingerprint density at radius 1 is 1.33 bits per heavy atom. The van der Waals surface area contributed by atoms with E-state index in [9.17, 15) is 0 Å².